The van der Waals surface area contributed by atoms with E-state index in [1.165, 1.54) is 30.3 Å². The van der Waals surface area contributed by atoms with E-state index < -0.39 is 23.6 Å². The standard InChI is InChI=1S/C23H12BrClF3NO3/c24-15-8-6-14(7-9-15)22(30)31-18-11-10-16(25)12-17(18)19-20(23(26,27)28)32-21(29-19)13-4-2-1-3-5-13/h1-12H. The van der Waals surface area contributed by atoms with E-state index >= 15 is 0 Å². The summed E-state index contributed by atoms with van der Waals surface area (Å²) in [6.45, 7) is 0. The summed E-state index contributed by atoms with van der Waals surface area (Å²) in [5.74, 6) is -2.43. The lowest BCUT2D eigenvalue weighted by Crippen LogP contribution is -2.10. The Bertz CT molecular complexity index is 1270. The first kappa shape index (κ1) is 22.1. The molecule has 162 valence electrons. The molecule has 0 aliphatic rings. The predicted molar refractivity (Wildman–Crippen MR) is 116 cm³/mol. The molecule has 0 saturated carbocycles. The molecule has 4 rings (SSSR count). The molecule has 1 heterocycles. The molecular formula is C23H12BrClF3NO3. The Balaban J connectivity index is 1.81. The molecule has 9 heteroatoms. The Morgan fingerprint density at radius 2 is 1.69 bits per heavy atom. The van der Waals surface area contributed by atoms with Gasteiger partial charge in [-0.25, -0.2) is 9.78 Å². The number of alkyl halides is 3. The zero-order valence-corrected chi connectivity index (χ0v) is 18.3. The van der Waals surface area contributed by atoms with Gasteiger partial charge in [-0.05, 0) is 54.6 Å². The number of hydrogen-bond donors (Lipinski definition) is 0. The number of carbonyl (C=O) groups excluding carboxylic acids is 1. The van der Waals surface area contributed by atoms with Crippen LogP contribution in [-0.4, -0.2) is 11.0 Å². The van der Waals surface area contributed by atoms with E-state index in [0.717, 1.165) is 4.47 Å². The van der Waals surface area contributed by atoms with Gasteiger partial charge in [0.05, 0.1) is 5.56 Å². The first-order chi connectivity index (χ1) is 15.2. The van der Waals surface area contributed by atoms with Crippen molar-refractivity contribution in [3.05, 3.63) is 93.6 Å². The average molecular weight is 523 g/mol. The van der Waals surface area contributed by atoms with Crippen molar-refractivity contribution in [2.24, 2.45) is 0 Å². The highest BCUT2D eigenvalue weighted by atomic mass is 79.9. The molecule has 4 aromatic rings. The molecule has 0 amide bonds. The van der Waals surface area contributed by atoms with Gasteiger partial charge < -0.3 is 9.15 Å². The Kier molecular flexibility index (Phi) is 6.08. The first-order valence-corrected chi connectivity index (χ1v) is 10.3. The zero-order chi connectivity index (χ0) is 22.9. The lowest BCUT2D eigenvalue weighted by Gasteiger charge is -2.11. The summed E-state index contributed by atoms with van der Waals surface area (Å²) in [6.07, 6.45) is -4.84. The van der Waals surface area contributed by atoms with Crippen molar-refractivity contribution < 1.29 is 27.1 Å². The second kappa shape index (κ2) is 8.80. The number of aromatic nitrogens is 1. The SMILES string of the molecule is O=C(Oc1ccc(Cl)cc1-c1nc(-c2ccccc2)oc1C(F)(F)F)c1ccc(Br)cc1. The molecular weight excluding hydrogens is 511 g/mol. The smallest absolute Gasteiger partial charge is 0.431 e. The zero-order valence-electron chi connectivity index (χ0n) is 16.0. The lowest BCUT2D eigenvalue weighted by molar-refractivity contribution is -0.152. The number of rotatable bonds is 4. The Morgan fingerprint density at radius 3 is 2.34 bits per heavy atom. The molecule has 0 fully saturated rings. The Hall–Kier alpha value is -3.10. The van der Waals surface area contributed by atoms with Crippen LogP contribution in [0.25, 0.3) is 22.7 Å². The second-order valence-electron chi connectivity index (χ2n) is 6.60. The molecule has 0 saturated heterocycles. The molecule has 0 N–H and O–H groups in total. The molecule has 3 aromatic carbocycles. The number of esters is 1. The fraction of sp³-hybridized carbons (Fsp3) is 0.0435. The molecule has 1 aromatic heterocycles. The summed E-state index contributed by atoms with van der Waals surface area (Å²) in [6, 6.07) is 18.4. The van der Waals surface area contributed by atoms with Crippen molar-refractivity contribution in [2.45, 2.75) is 6.18 Å². The number of ether oxygens (including phenoxy) is 1. The average Bonchev–Trinajstić information content (AvgIpc) is 3.22. The number of benzene rings is 3. The predicted octanol–water partition coefficient (Wildman–Crippen LogP) is 7.66. The van der Waals surface area contributed by atoms with Gasteiger partial charge in [-0.2, -0.15) is 13.2 Å². The van der Waals surface area contributed by atoms with E-state index in [4.69, 9.17) is 20.8 Å². The van der Waals surface area contributed by atoms with Crippen molar-refractivity contribution in [2.75, 3.05) is 0 Å². The number of hydrogen-bond acceptors (Lipinski definition) is 4. The van der Waals surface area contributed by atoms with Crippen LogP contribution in [0.5, 0.6) is 5.75 Å². The highest BCUT2D eigenvalue weighted by molar-refractivity contribution is 9.10. The maximum absolute atomic E-state index is 13.8. The first-order valence-electron chi connectivity index (χ1n) is 9.13. The van der Waals surface area contributed by atoms with E-state index in [-0.39, 0.29) is 27.8 Å². The van der Waals surface area contributed by atoms with Gasteiger partial charge in [-0.1, -0.05) is 45.7 Å². The van der Waals surface area contributed by atoms with Crippen LogP contribution in [-0.2, 0) is 6.18 Å². The molecule has 0 aliphatic heterocycles. The highest BCUT2D eigenvalue weighted by Crippen LogP contribution is 2.43. The molecule has 0 spiro atoms. The van der Waals surface area contributed by atoms with Crippen LogP contribution in [0.4, 0.5) is 13.2 Å². The minimum atomic E-state index is -4.84. The van der Waals surface area contributed by atoms with Gasteiger partial charge in [0, 0.05) is 20.6 Å². The number of halogens is 5. The Labute approximate surface area is 193 Å². The second-order valence-corrected chi connectivity index (χ2v) is 7.95. The number of nitrogens with zero attached hydrogens (tertiary/aromatic N) is 1. The minimum absolute atomic E-state index is 0.124. The van der Waals surface area contributed by atoms with Gasteiger partial charge in [-0.15, -0.1) is 0 Å². The van der Waals surface area contributed by atoms with Crippen LogP contribution in [0.3, 0.4) is 0 Å². The van der Waals surface area contributed by atoms with Gasteiger partial charge in [0.2, 0.25) is 11.7 Å². The number of carbonyl (C=O) groups is 1. The molecule has 0 bridgehead atoms. The van der Waals surface area contributed by atoms with E-state index in [0.29, 0.717) is 5.56 Å². The lowest BCUT2D eigenvalue weighted by atomic mass is 10.1. The van der Waals surface area contributed by atoms with Crippen LogP contribution >= 0.6 is 27.5 Å². The van der Waals surface area contributed by atoms with Crippen LogP contribution in [0, 0.1) is 0 Å². The van der Waals surface area contributed by atoms with Crippen LogP contribution in [0.1, 0.15) is 16.1 Å². The van der Waals surface area contributed by atoms with Gasteiger partial charge in [-0.3, -0.25) is 0 Å². The van der Waals surface area contributed by atoms with Gasteiger partial charge >= 0.3 is 12.1 Å². The summed E-state index contributed by atoms with van der Waals surface area (Å²) in [5.41, 5.74) is -0.0753. The van der Waals surface area contributed by atoms with E-state index in [2.05, 4.69) is 20.9 Å². The molecule has 0 atom stereocenters. The summed E-state index contributed by atoms with van der Waals surface area (Å²) in [7, 11) is 0. The normalized spacial score (nSPS) is 11.4. The van der Waals surface area contributed by atoms with Crippen molar-refractivity contribution in [1.29, 1.82) is 0 Å². The largest absolute Gasteiger partial charge is 0.451 e. The van der Waals surface area contributed by atoms with Crippen LogP contribution in [0.15, 0.2) is 81.7 Å². The third kappa shape index (κ3) is 4.71. The Morgan fingerprint density at radius 1 is 1.00 bits per heavy atom. The third-order valence-corrected chi connectivity index (χ3v) is 5.15. The highest BCUT2D eigenvalue weighted by Gasteiger charge is 2.41. The molecule has 0 aliphatic carbocycles. The number of oxazole rings is 1. The fourth-order valence-electron chi connectivity index (χ4n) is 2.92. The third-order valence-electron chi connectivity index (χ3n) is 4.38. The van der Waals surface area contributed by atoms with Gasteiger partial charge in [0.1, 0.15) is 11.4 Å². The molecule has 0 radical (unpaired) electrons. The van der Waals surface area contributed by atoms with Crippen LogP contribution in [0.2, 0.25) is 5.02 Å². The van der Waals surface area contributed by atoms with Crippen molar-refractivity contribution in [1.82, 2.24) is 4.98 Å². The summed E-state index contributed by atoms with van der Waals surface area (Å²) < 4.78 is 52.6. The maximum atomic E-state index is 13.8. The molecule has 4 nitrogen and oxygen atoms in total. The maximum Gasteiger partial charge on any atom is 0.451 e. The minimum Gasteiger partial charge on any atom is -0.431 e. The fourth-order valence-corrected chi connectivity index (χ4v) is 3.36. The van der Waals surface area contributed by atoms with E-state index in [1.807, 2.05) is 0 Å². The van der Waals surface area contributed by atoms with Crippen molar-refractivity contribution in [3.63, 3.8) is 0 Å². The van der Waals surface area contributed by atoms with Crippen LogP contribution < -0.4 is 4.74 Å². The van der Waals surface area contributed by atoms with E-state index in [9.17, 15) is 18.0 Å². The monoisotopic (exact) mass is 521 g/mol. The topological polar surface area (TPSA) is 52.3 Å². The van der Waals surface area contributed by atoms with Crippen molar-refractivity contribution in [3.8, 4) is 28.5 Å². The molecule has 32 heavy (non-hydrogen) atoms. The quantitative estimate of drug-likeness (QED) is 0.204. The van der Waals surface area contributed by atoms with E-state index in [1.54, 1.807) is 42.5 Å². The van der Waals surface area contributed by atoms with Gasteiger partial charge in [0.15, 0.2) is 0 Å². The molecule has 0 unspecified atom stereocenters. The van der Waals surface area contributed by atoms with Crippen molar-refractivity contribution >= 4 is 33.5 Å². The summed E-state index contributed by atoms with van der Waals surface area (Å²) in [4.78, 5) is 16.6. The summed E-state index contributed by atoms with van der Waals surface area (Å²) in [5, 5.41) is 0.140. The summed E-state index contributed by atoms with van der Waals surface area (Å²) >= 11 is 9.31. The van der Waals surface area contributed by atoms with Gasteiger partial charge in [0.25, 0.3) is 0 Å².